The highest BCUT2D eigenvalue weighted by molar-refractivity contribution is 7.00. The number of rotatable bonds is 9. The number of hydrogen-bond acceptors (Lipinski definition) is 2. The normalized spacial score (nSPS) is 12.5. The van der Waals surface area contributed by atoms with Crippen molar-refractivity contribution >= 4 is 57.2 Å². The van der Waals surface area contributed by atoms with Crippen LogP contribution in [0.2, 0.25) is 0 Å². The van der Waals surface area contributed by atoms with Crippen LogP contribution in [0.5, 0.6) is 0 Å². The summed E-state index contributed by atoms with van der Waals surface area (Å²) in [6.07, 6.45) is 0. The van der Waals surface area contributed by atoms with Crippen LogP contribution in [0.3, 0.4) is 0 Å². The van der Waals surface area contributed by atoms with Crippen LogP contribution in [0.15, 0.2) is 285 Å². The van der Waals surface area contributed by atoms with Gasteiger partial charge in [0.2, 0.25) is 0 Å². The molecule has 0 saturated heterocycles. The first-order valence-corrected chi connectivity index (χ1v) is 24.3. The lowest BCUT2D eigenvalue weighted by Gasteiger charge is -2.44. The third-order valence-electron chi connectivity index (χ3n) is 14.6. The predicted octanol–water partition coefficient (Wildman–Crippen LogP) is 15.2. The molecule has 11 aromatic rings. The molecule has 11 aromatic carbocycles. The highest BCUT2D eigenvalue weighted by Gasteiger charge is 2.44. The van der Waals surface area contributed by atoms with Gasteiger partial charge >= 0.3 is 0 Å². The number of para-hydroxylation sites is 1. The zero-order chi connectivity index (χ0) is 46.4. The number of anilines is 6. The van der Waals surface area contributed by atoms with Gasteiger partial charge in [-0.05, 0) is 121 Å². The molecule has 0 amide bonds. The topological polar surface area (TPSA) is 6.48 Å². The van der Waals surface area contributed by atoms with Gasteiger partial charge in [0.25, 0.3) is 6.71 Å². The molecule has 0 aromatic heterocycles. The number of nitrogens with zero attached hydrogens (tertiary/aromatic N) is 2. The fraction of sp³-hybridized carbons (Fsp3) is 0.0149. The Morgan fingerprint density at radius 2 is 0.600 bits per heavy atom. The smallest absolute Gasteiger partial charge is 0.252 e. The molecule has 2 nitrogen and oxygen atoms in total. The van der Waals surface area contributed by atoms with E-state index < -0.39 is 5.41 Å². The first kappa shape index (κ1) is 41.3. The summed E-state index contributed by atoms with van der Waals surface area (Å²) in [5.41, 5.74) is 22.3. The van der Waals surface area contributed by atoms with Gasteiger partial charge in [-0.3, -0.25) is 0 Å². The molecule has 328 valence electrons. The molecule has 2 heterocycles. The molecular formula is C67H47BN2. The number of fused-ring (bicyclic) bond motifs is 4. The monoisotopic (exact) mass is 890 g/mol. The van der Waals surface area contributed by atoms with E-state index in [1.54, 1.807) is 0 Å². The van der Waals surface area contributed by atoms with Crippen molar-refractivity contribution in [1.82, 2.24) is 0 Å². The van der Waals surface area contributed by atoms with Gasteiger partial charge in [-0.2, -0.15) is 0 Å². The van der Waals surface area contributed by atoms with E-state index in [0.717, 1.165) is 11.4 Å². The van der Waals surface area contributed by atoms with Gasteiger partial charge in [0.1, 0.15) is 0 Å². The Balaban J connectivity index is 1.06. The SMILES string of the molecule is c1ccc(-c2ccc(N3c4ccc(-c5ccccc5)cc4B4c5ccccc5N(c5ccc(C(c6ccccc6)(c6ccccc6)c6ccccc6)cc5)c5cc(-c6ccccc6)cc3c54)cc2)cc1. The Kier molecular flexibility index (Phi) is 10.2. The first-order valence-electron chi connectivity index (χ1n) is 24.3. The van der Waals surface area contributed by atoms with Gasteiger partial charge < -0.3 is 9.80 Å². The second kappa shape index (κ2) is 17.3. The van der Waals surface area contributed by atoms with Crippen LogP contribution in [-0.2, 0) is 5.41 Å². The second-order valence-electron chi connectivity index (χ2n) is 18.4. The van der Waals surface area contributed by atoms with Gasteiger partial charge in [-0.15, -0.1) is 0 Å². The van der Waals surface area contributed by atoms with Crippen LogP contribution < -0.4 is 26.2 Å². The lowest BCUT2D eigenvalue weighted by molar-refractivity contribution is 0.745. The standard InChI is InChI=1S/C67H47BN2/c1-7-21-48(22-8-1)51-35-40-58(41-36-51)70-63-44-37-52(49-23-9-2-10-24-49)45-61(63)68-60-33-19-20-34-62(60)69(64-46-53(47-65(70)66(64)68)50-25-11-3-12-26-50)59-42-38-57(39-43-59)67(54-27-13-4-14-28-54,55-29-15-5-16-30-55)56-31-17-6-18-32-56/h1-47H. The van der Waals surface area contributed by atoms with Crippen molar-refractivity contribution in [3.8, 4) is 33.4 Å². The van der Waals surface area contributed by atoms with E-state index in [0.29, 0.717) is 0 Å². The van der Waals surface area contributed by atoms with Crippen molar-refractivity contribution < 1.29 is 0 Å². The van der Waals surface area contributed by atoms with Crippen molar-refractivity contribution in [2.75, 3.05) is 9.80 Å². The lowest BCUT2D eigenvalue weighted by atomic mass is 9.33. The van der Waals surface area contributed by atoms with Crippen LogP contribution in [0, 0.1) is 0 Å². The highest BCUT2D eigenvalue weighted by atomic mass is 15.2. The first-order chi connectivity index (χ1) is 34.7. The van der Waals surface area contributed by atoms with Crippen molar-refractivity contribution in [2.24, 2.45) is 0 Å². The number of hydrogen-bond donors (Lipinski definition) is 0. The van der Waals surface area contributed by atoms with E-state index >= 15 is 0 Å². The molecule has 0 aliphatic carbocycles. The van der Waals surface area contributed by atoms with Crippen LogP contribution >= 0.6 is 0 Å². The molecule has 3 heteroatoms. The number of benzene rings is 11. The average molecular weight is 891 g/mol. The Morgan fingerprint density at radius 1 is 0.243 bits per heavy atom. The molecule has 0 atom stereocenters. The summed E-state index contributed by atoms with van der Waals surface area (Å²) in [5, 5.41) is 0. The van der Waals surface area contributed by atoms with E-state index in [2.05, 4.69) is 295 Å². The molecule has 2 aliphatic heterocycles. The largest absolute Gasteiger partial charge is 0.311 e. The molecule has 0 spiro atoms. The third-order valence-corrected chi connectivity index (χ3v) is 14.6. The summed E-state index contributed by atoms with van der Waals surface area (Å²) in [5.74, 6) is 0. The summed E-state index contributed by atoms with van der Waals surface area (Å²) >= 11 is 0. The molecule has 0 radical (unpaired) electrons. The maximum absolute atomic E-state index is 2.53. The van der Waals surface area contributed by atoms with Gasteiger partial charge in [-0.1, -0.05) is 237 Å². The summed E-state index contributed by atoms with van der Waals surface area (Å²) in [6.45, 7) is -0.0260. The van der Waals surface area contributed by atoms with E-state index in [1.165, 1.54) is 94.8 Å². The van der Waals surface area contributed by atoms with E-state index in [-0.39, 0.29) is 6.71 Å². The van der Waals surface area contributed by atoms with Crippen molar-refractivity contribution in [3.63, 3.8) is 0 Å². The molecule has 0 saturated carbocycles. The lowest BCUT2D eigenvalue weighted by Crippen LogP contribution is -2.61. The third kappa shape index (κ3) is 6.81. The summed E-state index contributed by atoms with van der Waals surface area (Å²) < 4.78 is 0. The average Bonchev–Trinajstić information content (AvgIpc) is 3.45. The molecule has 0 unspecified atom stereocenters. The summed E-state index contributed by atoms with van der Waals surface area (Å²) in [6, 6.07) is 105. The van der Waals surface area contributed by atoms with Crippen LogP contribution in [0.1, 0.15) is 22.3 Å². The zero-order valence-corrected chi connectivity index (χ0v) is 38.6. The molecule has 0 fully saturated rings. The minimum atomic E-state index is -0.559. The van der Waals surface area contributed by atoms with Gasteiger partial charge in [0, 0.05) is 34.1 Å². The second-order valence-corrected chi connectivity index (χ2v) is 18.4. The summed E-state index contributed by atoms with van der Waals surface area (Å²) in [4.78, 5) is 5.04. The Hall–Kier alpha value is -8.92. The van der Waals surface area contributed by atoms with Crippen LogP contribution in [0.4, 0.5) is 34.1 Å². The van der Waals surface area contributed by atoms with Crippen molar-refractivity contribution in [3.05, 3.63) is 307 Å². The predicted molar refractivity (Wildman–Crippen MR) is 295 cm³/mol. The maximum atomic E-state index is 2.53. The molecule has 2 aliphatic rings. The minimum absolute atomic E-state index is 0.0260. The zero-order valence-electron chi connectivity index (χ0n) is 38.6. The highest BCUT2D eigenvalue weighted by Crippen LogP contribution is 2.49. The van der Waals surface area contributed by atoms with E-state index in [1.807, 2.05) is 0 Å². The molecular weight excluding hydrogens is 844 g/mol. The molecule has 70 heavy (non-hydrogen) atoms. The molecule has 13 rings (SSSR count). The Bertz CT molecular complexity index is 3520. The van der Waals surface area contributed by atoms with Crippen LogP contribution in [-0.4, -0.2) is 6.71 Å². The van der Waals surface area contributed by atoms with Crippen molar-refractivity contribution in [2.45, 2.75) is 5.41 Å². The van der Waals surface area contributed by atoms with Gasteiger partial charge in [0.15, 0.2) is 0 Å². The Morgan fingerprint density at radius 3 is 1.10 bits per heavy atom. The fourth-order valence-electron chi connectivity index (χ4n) is 11.5. The van der Waals surface area contributed by atoms with Crippen LogP contribution in [0.25, 0.3) is 33.4 Å². The van der Waals surface area contributed by atoms with Gasteiger partial charge in [-0.25, -0.2) is 0 Å². The van der Waals surface area contributed by atoms with E-state index in [9.17, 15) is 0 Å². The maximum Gasteiger partial charge on any atom is 0.252 e. The summed E-state index contributed by atoms with van der Waals surface area (Å²) in [7, 11) is 0. The fourth-order valence-corrected chi connectivity index (χ4v) is 11.5. The van der Waals surface area contributed by atoms with E-state index in [4.69, 9.17) is 0 Å². The molecule has 0 bridgehead atoms. The van der Waals surface area contributed by atoms with Gasteiger partial charge in [0.05, 0.1) is 5.41 Å². The molecule has 0 N–H and O–H groups in total. The van der Waals surface area contributed by atoms with Crippen molar-refractivity contribution in [1.29, 1.82) is 0 Å². The Labute approximate surface area is 411 Å². The minimum Gasteiger partial charge on any atom is -0.311 e. The quantitative estimate of drug-likeness (QED) is 0.105.